The van der Waals surface area contributed by atoms with Crippen molar-refractivity contribution in [1.29, 1.82) is 0 Å². The Morgan fingerprint density at radius 3 is 2.54 bits per heavy atom. The highest BCUT2D eigenvalue weighted by molar-refractivity contribution is 6.32. The molecule has 3 aromatic rings. The van der Waals surface area contributed by atoms with Crippen LogP contribution in [0.25, 0.3) is 0 Å². The van der Waals surface area contributed by atoms with Crippen molar-refractivity contribution in [3.05, 3.63) is 70.0 Å². The zero-order chi connectivity index (χ0) is 26.6. The second-order valence-electron chi connectivity index (χ2n) is 9.89. The highest BCUT2D eigenvalue weighted by atomic mass is 35.5. The molecule has 2 N–H and O–H groups in total. The van der Waals surface area contributed by atoms with Crippen molar-refractivity contribution in [2.75, 3.05) is 33.4 Å². The van der Waals surface area contributed by atoms with Crippen LogP contribution in [0.3, 0.4) is 0 Å². The van der Waals surface area contributed by atoms with Crippen molar-refractivity contribution in [2.24, 2.45) is 0 Å². The van der Waals surface area contributed by atoms with Gasteiger partial charge in [-0.2, -0.15) is 5.10 Å². The van der Waals surface area contributed by atoms with E-state index in [0.717, 1.165) is 22.3 Å². The molecule has 1 saturated heterocycles. The van der Waals surface area contributed by atoms with Gasteiger partial charge in [-0.1, -0.05) is 17.7 Å². The van der Waals surface area contributed by atoms with E-state index in [0.29, 0.717) is 54.9 Å². The number of aryl methyl sites for hydroxylation is 3. The number of benzene rings is 2. The summed E-state index contributed by atoms with van der Waals surface area (Å²) >= 11 is 6.26. The molecule has 2 aromatic carbocycles. The fourth-order valence-corrected chi connectivity index (χ4v) is 4.76. The second kappa shape index (κ2) is 11.7. The number of likely N-dealkylation sites (tertiary alicyclic amines) is 1. The summed E-state index contributed by atoms with van der Waals surface area (Å²) in [6.07, 6.45) is 3.37. The number of methoxy groups -OCH3 is 1. The maximum atomic E-state index is 11.3. The monoisotopic (exact) mass is 529 g/mol. The number of aromatic nitrogens is 2. The highest BCUT2D eigenvalue weighted by Crippen LogP contribution is 2.31. The molecule has 2 heterocycles. The number of β-amino-alcohol motifs (C(OH)–C–C–N with tert-alkyl or cyclic N) is 1. The molecule has 1 aliphatic heterocycles. The highest BCUT2D eigenvalue weighted by Gasteiger charge is 2.42. The van der Waals surface area contributed by atoms with Gasteiger partial charge in [-0.15, -0.1) is 0 Å². The number of nitrogens with zero attached hydrogens (tertiary/aromatic N) is 3. The van der Waals surface area contributed by atoms with Gasteiger partial charge in [0, 0.05) is 30.9 Å². The molecule has 2 atom stereocenters. The zero-order valence-corrected chi connectivity index (χ0v) is 22.7. The molecule has 1 aliphatic rings. The summed E-state index contributed by atoms with van der Waals surface area (Å²) in [4.78, 5) is 2.11. The van der Waals surface area contributed by atoms with E-state index in [1.54, 1.807) is 7.11 Å². The summed E-state index contributed by atoms with van der Waals surface area (Å²) in [5, 5.41) is 26.9. The maximum Gasteiger partial charge on any atom is 0.161 e. The van der Waals surface area contributed by atoms with Gasteiger partial charge in [-0.25, -0.2) is 0 Å². The summed E-state index contributed by atoms with van der Waals surface area (Å²) in [7, 11) is 1.62. The van der Waals surface area contributed by atoms with E-state index in [1.165, 1.54) is 0 Å². The van der Waals surface area contributed by atoms with Gasteiger partial charge < -0.3 is 24.4 Å². The molecule has 0 spiro atoms. The van der Waals surface area contributed by atoms with Gasteiger partial charge in [0.05, 0.1) is 26.0 Å². The Kier molecular flexibility index (Phi) is 8.64. The van der Waals surface area contributed by atoms with E-state index in [-0.39, 0.29) is 13.2 Å². The molecule has 0 radical (unpaired) electrons. The van der Waals surface area contributed by atoms with Crippen LogP contribution in [0.4, 0.5) is 0 Å². The number of hydrogen-bond donors (Lipinski definition) is 2. The minimum atomic E-state index is -1.39. The Morgan fingerprint density at radius 2 is 1.86 bits per heavy atom. The molecule has 1 aromatic heterocycles. The number of hydrogen-bond acceptors (Lipinski definition) is 7. The largest absolute Gasteiger partial charge is 0.493 e. The average Bonchev–Trinajstić information content (AvgIpc) is 3.29. The zero-order valence-electron chi connectivity index (χ0n) is 21.9. The van der Waals surface area contributed by atoms with Gasteiger partial charge in [-0.3, -0.25) is 9.58 Å². The Morgan fingerprint density at radius 1 is 1.11 bits per heavy atom. The van der Waals surface area contributed by atoms with Crippen molar-refractivity contribution < 1.29 is 24.4 Å². The number of piperidine rings is 1. The molecule has 1 fully saturated rings. The minimum absolute atomic E-state index is 0.0168. The van der Waals surface area contributed by atoms with E-state index in [2.05, 4.69) is 10.00 Å². The first-order valence-electron chi connectivity index (χ1n) is 12.5. The summed E-state index contributed by atoms with van der Waals surface area (Å²) in [6.45, 7) is 8.47. The number of ether oxygens (including phenoxy) is 3. The molecule has 0 unspecified atom stereocenters. The van der Waals surface area contributed by atoms with Crippen LogP contribution in [0, 0.1) is 20.8 Å². The van der Waals surface area contributed by atoms with Gasteiger partial charge >= 0.3 is 0 Å². The quantitative estimate of drug-likeness (QED) is 0.411. The first kappa shape index (κ1) is 27.3. The molecular weight excluding hydrogens is 494 g/mol. The van der Waals surface area contributed by atoms with Crippen LogP contribution in [0.5, 0.6) is 17.2 Å². The van der Waals surface area contributed by atoms with E-state index in [4.69, 9.17) is 25.8 Å². The second-order valence-corrected chi connectivity index (χ2v) is 10.3. The van der Waals surface area contributed by atoms with Crippen LogP contribution >= 0.6 is 11.6 Å². The summed E-state index contributed by atoms with van der Waals surface area (Å²) in [6, 6.07) is 9.54. The number of aliphatic hydroxyl groups excluding tert-OH is 1. The van der Waals surface area contributed by atoms with Crippen LogP contribution in [0.1, 0.15) is 28.7 Å². The first-order valence-corrected chi connectivity index (χ1v) is 12.9. The molecule has 0 aliphatic carbocycles. The first-order chi connectivity index (χ1) is 17.7. The average molecular weight is 530 g/mol. The number of halogens is 1. The predicted molar refractivity (Wildman–Crippen MR) is 143 cm³/mol. The lowest BCUT2D eigenvalue weighted by Crippen LogP contribution is -2.59. The van der Waals surface area contributed by atoms with E-state index in [9.17, 15) is 10.2 Å². The van der Waals surface area contributed by atoms with Gasteiger partial charge in [0.25, 0.3) is 0 Å². The molecule has 9 heteroatoms. The van der Waals surface area contributed by atoms with E-state index < -0.39 is 11.7 Å². The number of rotatable bonds is 10. The Bertz CT molecular complexity index is 1190. The Hall–Kier alpha value is -2.78. The molecule has 200 valence electrons. The molecule has 0 saturated carbocycles. The van der Waals surface area contributed by atoms with Gasteiger partial charge in [0.1, 0.15) is 24.6 Å². The molecular formula is C28H36ClN3O5. The standard InChI is InChI=1S/C28H36ClN3O5/c1-19-14-30-32(15-19)9-10-36-24-6-5-22(13-25(24)35-4)16-31-8-7-26(33)28(34,17-31)18-37-23-11-20(2)27(29)21(3)12-23/h5-6,11-15,26,33-34H,7-10,16-18H2,1-4H3/t26-,28-/m0/s1. The molecule has 8 nitrogen and oxygen atoms in total. The van der Waals surface area contributed by atoms with Crippen molar-refractivity contribution in [3.8, 4) is 17.2 Å². The molecule has 4 rings (SSSR count). The van der Waals surface area contributed by atoms with Crippen LogP contribution < -0.4 is 14.2 Å². The maximum absolute atomic E-state index is 11.3. The van der Waals surface area contributed by atoms with Gasteiger partial charge in [0.2, 0.25) is 0 Å². The van der Waals surface area contributed by atoms with Crippen LogP contribution in [0.2, 0.25) is 5.02 Å². The minimum Gasteiger partial charge on any atom is -0.493 e. The Labute approximate surface area is 223 Å². The summed E-state index contributed by atoms with van der Waals surface area (Å²) < 4.78 is 19.3. The summed E-state index contributed by atoms with van der Waals surface area (Å²) in [5.41, 5.74) is 2.56. The molecule has 37 heavy (non-hydrogen) atoms. The van der Waals surface area contributed by atoms with Crippen molar-refractivity contribution in [3.63, 3.8) is 0 Å². The number of aliphatic hydroxyl groups is 2. The topological polar surface area (TPSA) is 89.2 Å². The van der Waals surface area contributed by atoms with Crippen molar-refractivity contribution >= 4 is 11.6 Å². The van der Waals surface area contributed by atoms with Crippen LogP contribution in [-0.4, -0.2) is 70.0 Å². The fourth-order valence-electron chi connectivity index (χ4n) is 4.65. The normalized spacial score (nSPS) is 20.1. The molecule has 0 bridgehead atoms. The SMILES string of the molecule is COc1cc(CN2CC[C@H](O)[C@@](O)(COc3cc(C)c(Cl)c(C)c3)C2)ccc1OCCn1cc(C)cn1. The lowest BCUT2D eigenvalue weighted by molar-refractivity contribution is -0.140. The smallest absolute Gasteiger partial charge is 0.161 e. The van der Waals surface area contributed by atoms with E-state index in [1.807, 2.05) is 68.2 Å². The van der Waals surface area contributed by atoms with Crippen LogP contribution in [0.15, 0.2) is 42.7 Å². The Balaban J connectivity index is 1.36. The molecule has 0 amide bonds. The lowest BCUT2D eigenvalue weighted by atomic mass is 9.90. The van der Waals surface area contributed by atoms with Crippen molar-refractivity contribution in [2.45, 2.75) is 52.0 Å². The van der Waals surface area contributed by atoms with Gasteiger partial charge in [-0.05, 0) is 73.7 Å². The van der Waals surface area contributed by atoms with E-state index >= 15 is 0 Å². The third-order valence-corrected chi connectivity index (χ3v) is 7.31. The van der Waals surface area contributed by atoms with Crippen LogP contribution in [-0.2, 0) is 13.1 Å². The van der Waals surface area contributed by atoms with Crippen molar-refractivity contribution in [1.82, 2.24) is 14.7 Å². The van der Waals surface area contributed by atoms with Gasteiger partial charge in [0.15, 0.2) is 11.5 Å². The fraction of sp³-hybridized carbons (Fsp3) is 0.464. The predicted octanol–water partition coefficient (Wildman–Crippen LogP) is 3.93. The third-order valence-electron chi connectivity index (χ3n) is 6.71. The lowest BCUT2D eigenvalue weighted by Gasteiger charge is -2.42. The third kappa shape index (κ3) is 6.76. The summed E-state index contributed by atoms with van der Waals surface area (Å²) in [5.74, 6) is 1.95.